The van der Waals surface area contributed by atoms with Gasteiger partial charge in [0.15, 0.2) is 0 Å². The first-order valence-corrected chi connectivity index (χ1v) is 9.61. The SMILES string of the molecule is CCOC(=O)c1ccccc1N(CCNC(=O)NC1CCCCC1)C(C)=O. The Morgan fingerprint density at radius 2 is 1.85 bits per heavy atom. The molecule has 1 aliphatic rings. The molecule has 1 fully saturated rings. The van der Waals surface area contributed by atoms with Crippen LogP contribution in [0.25, 0.3) is 0 Å². The van der Waals surface area contributed by atoms with Crippen LogP contribution in [0.2, 0.25) is 0 Å². The summed E-state index contributed by atoms with van der Waals surface area (Å²) >= 11 is 0. The number of nitrogens with one attached hydrogen (secondary N) is 2. The smallest absolute Gasteiger partial charge is 0.340 e. The van der Waals surface area contributed by atoms with Crippen LogP contribution in [-0.2, 0) is 9.53 Å². The van der Waals surface area contributed by atoms with E-state index in [1.807, 2.05) is 0 Å². The van der Waals surface area contributed by atoms with Crippen molar-refractivity contribution in [2.24, 2.45) is 0 Å². The minimum Gasteiger partial charge on any atom is -0.462 e. The molecule has 0 unspecified atom stereocenters. The van der Waals surface area contributed by atoms with E-state index >= 15 is 0 Å². The number of para-hydroxylation sites is 1. The Bertz CT molecular complexity index is 656. The Kier molecular flexibility index (Phi) is 8.10. The van der Waals surface area contributed by atoms with E-state index in [1.54, 1.807) is 31.2 Å². The second-order valence-corrected chi connectivity index (χ2v) is 6.64. The Hall–Kier alpha value is -2.57. The summed E-state index contributed by atoms with van der Waals surface area (Å²) in [6, 6.07) is 6.83. The first kappa shape index (κ1) is 20.7. The van der Waals surface area contributed by atoms with Gasteiger partial charge in [0.05, 0.1) is 17.9 Å². The summed E-state index contributed by atoms with van der Waals surface area (Å²) < 4.78 is 5.07. The normalized spacial score (nSPS) is 14.3. The molecule has 2 rings (SSSR count). The topological polar surface area (TPSA) is 87.7 Å². The molecule has 0 heterocycles. The van der Waals surface area contributed by atoms with Crippen molar-refractivity contribution < 1.29 is 19.1 Å². The van der Waals surface area contributed by atoms with Crippen LogP contribution in [0.15, 0.2) is 24.3 Å². The van der Waals surface area contributed by atoms with Gasteiger partial charge in [0, 0.05) is 26.1 Å². The van der Waals surface area contributed by atoms with Gasteiger partial charge in [0.25, 0.3) is 0 Å². The number of nitrogens with zero attached hydrogens (tertiary/aromatic N) is 1. The first-order chi connectivity index (χ1) is 13.0. The zero-order valence-corrected chi connectivity index (χ0v) is 16.1. The second kappa shape index (κ2) is 10.5. The first-order valence-electron chi connectivity index (χ1n) is 9.61. The number of rotatable bonds is 7. The molecule has 27 heavy (non-hydrogen) atoms. The lowest BCUT2D eigenvalue weighted by Crippen LogP contribution is -2.45. The van der Waals surface area contributed by atoms with E-state index in [0.717, 1.165) is 25.7 Å². The number of benzene rings is 1. The van der Waals surface area contributed by atoms with Crippen molar-refractivity contribution in [2.45, 2.75) is 52.0 Å². The summed E-state index contributed by atoms with van der Waals surface area (Å²) in [5.41, 5.74) is 0.819. The molecule has 0 saturated heterocycles. The average Bonchev–Trinajstić information content (AvgIpc) is 2.66. The van der Waals surface area contributed by atoms with Gasteiger partial charge in [-0.15, -0.1) is 0 Å². The molecule has 0 aliphatic heterocycles. The Morgan fingerprint density at radius 3 is 2.52 bits per heavy atom. The number of hydrogen-bond acceptors (Lipinski definition) is 4. The van der Waals surface area contributed by atoms with E-state index in [2.05, 4.69) is 10.6 Å². The van der Waals surface area contributed by atoms with Crippen molar-refractivity contribution in [1.82, 2.24) is 10.6 Å². The molecule has 1 saturated carbocycles. The highest BCUT2D eigenvalue weighted by Gasteiger charge is 2.20. The molecule has 0 bridgehead atoms. The molecule has 7 nitrogen and oxygen atoms in total. The van der Waals surface area contributed by atoms with Gasteiger partial charge in [-0.05, 0) is 31.9 Å². The Labute approximate surface area is 160 Å². The third-order valence-corrected chi connectivity index (χ3v) is 4.63. The zero-order valence-electron chi connectivity index (χ0n) is 16.1. The van der Waals surface area contributed by atoms with E-state index in [0.29, 0.717) is 11.3 Å². The quantitative estimate of drug-likeness (QED) is 0.718. The second-order valence-electron chi connectivity index (χ2n) is 6.64. The monoisotopic (exact) mass is 375 g/mol. The van der Waals surface area contributed by atoms with Crippen molar-refractivity contribution in [3.63, 3.8) is 0 Å². The highest BCUT2D eigenvalue weighted by atomic mass is 16.5. The maximum absolute atomic E-state index is 12.2. The number of hydrogen-bond donors (Lipinski definition) is 2. The lowest BCUT2D eigenvalue weighted by Gasteiger charge is -2.25. The molecular weight excluding hydrogens is 346 g/mol. The Morgan fingerprint density at radius 1 is 1.15 bits per heavy atom. The van der Waals surface area contributed by atoms with Gasteiger partial charge < -0.3 is 20.3 Å². The number of anilines is 1. The summed E-state index contributed by atoms with van der Waals surface area (Å²) in [7, 11) is 0. The molecule has 7 heteroatoms. The van der Waals surface area contributed by atoms with Crippen LogP contribution in [0.4, 0.5) is 10.5 Å². The van der Waals surface area contributed by atoms with Gasteiger partial charge in [-0.3, -0.25) is 4.79 Å². The summed E-state index contributed by atoms with van der Waals surface area (Å²) in [5, 5.41) is 5.78. The molecule has 0 spiro atoms. The largest absolute Gasteiger partial charge is 0.462 e. The number of carbonyl (C=O) groups is 3. The van der Waals surface area contributed by atoms with E-state index in [9.17, 15) is 14.4 Å². The molecule has 0 radical (unpaired) electrons. The predicted octanol–water partition coefficient (Wildman–Crippen LogP) is 2.85. The summed E-state index contributed by atoms with van der Waals surface area (Å²) in [4.78, 5) is 37.8. The van der Waals surface area contributed by atoms with Crippen LogP contribution >= 0.6 is 0 Å². The standard InChI is InChI=1S/C20H29N3O4/c1-3-27-19(25)17-11-7-8-12-18(17)23(15(2)24)14-13-21-20(26)22-16-9-5-4-6-10-16/h7-8,11-12,16H,3-6,9-10,13-14H2,1-2H3,(H2,21,22,26). The zero-order chi connectivity index (χ0) is 19.6. The fourth-order valence-electron chi connectivity index (χ4n) is 3.30. The molecule has 0 atom stereocenters. The maximum Gasteiger partial charge on any atom is 0.340 e. The Balaban J connectivity index is 1.95. The van der Waals surface area contributed by atoms with Crippen LogP contribution in [0.3, 0.4) is 0 Å². The van der Waals surface area contributed by atoms with Crippen LogP contribution in [0, 0.1) is 0 Å². The number of ether oxygens (including phenoxy) is 1. The third kappa shape index (κ3) is 6.27. The van der Waals surface area contributed by atoms with Gasteiger partial charge in [-0.25, -0.2) is 9.59 Å². The van der Waals surface area contributed by atoms with Gasteiger partial charge in [0.1, 0.15) is 0 Å². The van der Waals surface area contributed by atoms with Crippen molar-refractivity contribution in [3.05, 3.63) is 29.8 Å². The number of amides is 3. The molecule has 1 aromatic rings. The number of urea groups is 1. The fourth-order valence-corrected chi connectivity index (χ4v) is 3.30. The average molecular weight is 375 g/mol. The molecule has 2 N–H and O–H groups in total. The number of esters is 1. The van der Waals surface area contributed by atoms with Crippen molar-refractivity contribution in [2.75, 3.05) is 24.6 Å². The summed E-state index contributed by atoms with van der Waals surface area (Å²) in [6.45, 7) is 3.98. The minimum absolute atomic E-state index is 0.207. The lowest BCUT2D eigenvalue weighted by molar-refractivity contribution is -0.116. The molecule has 0 aromatic heterocycles. The highest BCUT2D eigenvalue weighted by Crippen LogP contribution is 2.21. The van der Waals surface area contributed by atoms with Crippen molar-refractivity contribution in [1.29, 1.82) is 0 Å². The van der Waals surface area contributed by atoms with Gasteiger partial charge in [-0.1, -0.05) is 31.4 Å². The van der Waals surface area contributed by atoms with Crippen LogP contribution in [-0.4, -0.2) is 43.6 Å². The maximum atomic E-state index is 12.2. The molecule has 1 aliphatic carbocycles. The fraction of sp³-hybridized carbons (Fsp3) is 0.550. The summed E-state index contributed by atoms with van der Waals surface area (Å²) in [6.07, 6.45) is 5.55. The van der Waals surface area contributed by atoms with Crippen molar-refractivity contribution >= 4 is 23.6 Å². The van der Waals surface area contributed by atoms with Crippen LogP contribution < -0.4 is 15.5 Å². The minimum atomic E-state index is -0.470. The highest BCUT2D eigenvalue weighted by molar-refractivity contribution is 6.02. The molecular formula is C20H29N3O4. The van der Waals surface area contributed by atoms with Gasteiger partial charge in [0.2, 0.25) is 5.91 Å². The van der Waals surface area contributed by atoms with Crippen molar-refractivity contribution in [3.8, 4) is 0 Å². The van der Waals surface area contributed by atoms with E-state index in [4.69, 9.17) is 4.74 Å². The summed E-state index contributed by atoms with van der Waals surface area (Å²) in [5.74, 6) is -0.677. The molecule has 3 amide bonds. The lowest BCUT2D eigenvalue weighted by atomic mass is 9.96. The van der Waals surface area contributed by atoms with Gasteiger partial charge in [-0.2, -0.15) is 0 Å². The predicted molar refractivity (Wildman–Crippen MR) is 104 cm³/mol. The van der Waals surface area contributed by atoms with Crippen LogP contribution in [0.1, 0.15) is 56.3 Å². The molecule has 1 aromatic carbocycles. The van der Waals surface area contributed by atoms with Crippen LogP contribution in [0.5, 0.6) is 0 Å². The van der Waals surface area contributed by atoms with E-state index in [1.165, 1.54) is 18.2 Å². The van der Waals surface area contributed by atoms with E-state index in [-0.39, 0.29) is 37.7 Å². The third-order valence-electron chi connectivity index (χ3n) is 4.63. The van der Waals surface area contributed by atoms with Gasteiger partial charge >= 0.3 is 12.0 Å². The number of carbonyl (C=O) groups excluding carboxylic acids is 3. The van der Waals surface area contributed by atoms with E-state index < -0.39 is 5.97 Å². The molecule has 148 valence electrons.